The minimum absolute atomic E-state index is 0.244. The van der Waals surface area contributed by atoms with Crippen molar-refractivity contribution in [1.82, 2.24) is 9.55 Å². The maximum absolute atomic E-state index is 13.1. The average Bonchev–Trinajstić information content (AvgIpc) is 2.57. The second kappa shape index (κ2) is 4.83. The van der Waals surface area contributed by atoms with E-state index in [-0.39, 0.29) is 5.82 Å². The van der Waals surface area contributed by atoms with Crippen LogP contribution in [0.15, 0.2) is 18.2 Å². The summed E-state index contributed by atoms with van der Waals surface area (Å²) in [7, 11) is 0. The summed E-state index contributed by atoms with van der Waals surface area (Å²) in [6, 6.07) is 4.73. The molecule has 2 aromatic rings. The van der Waals surface area contributed by atoms with Crippen molar-refractivity contribution in [3.05, 3.63) is 29.8 Å². The molecule has 0 saturated heterocycles. The molecule has 0 bridgehead atoms. The first kappa shape index (κ1) is 11.4. The van der Waals surface area contributed by atoms with Crippen LogP contribution < -0.4 is 0 Å². The van der Waals surface area contributed by atoms with Gasteiger partial charge in [-0.3, -0.25) is 0 Å². The van der Waals surface area contributed by atoms with Gasteiger partial charge in [0.1, 0.15) is 11.6 Å². The Morgan fingerprint density at radius 3 is 2.94 bits per heavy atom. The van der Waals surface area contributed by atoms with Crippen LogP contribution in [0.25, 0.3) is 11.0 Å². The van der Waals surface area contributed by atoms with E-state index in [4.69, 9.17) is 11.6 Å². The van der Waals surface area contributed by atoms with Crippen LogP contribution in [0, 0.1) is 5.82 Å². The van der Waals surface area contributed by atoms with Gasteiger partial charge in [-0.15, -0.1) is 11.6 Å². The summed E-state index contributed by atoms with van der Waals surface area (Å²) in [5, 5.41) is 0. The van der Waals surface area contributed by atoms with Gasteiger partial charge in [-0.25, -0.2) is 9.37 Å². The molecule has 2 nitrogen and oxygen atoms in total. The van der Waals surface area contributed by atoms with Gasteiger partial charge < -0.3 is 4.57 Å². The largest absolute Gasteiger partial charge is 0.328 e. The monoisotopic (exact) mass is 240 g/mol. The van der Waals surface area contributed by atoms with E-state index in [1.807, 2.05) is 0 Å². The molecule has 0 saturated carbocycles. The number of fused-ring (bicyclic) bond motifs is 1. The Hall–Kier alpha value is -1.09. The molecule has 0 aliphatic rings. The number of alkyl halides is 1. The SMILES string of the molecule is CCCn1c(CCCl)nc2cc(F)ccc21. The normalized spacial score (nSPS) is 11.2. The lowest BCUT2D eigenvalue weighted by Gasteiger charge is -2.05. The second-order valence-electron chi connectivity index (χ2n) is 3.75. The Labute approximate surface area is 99.0 Å². The number of aromatic nitrogens is 2. The lowest BCUT2D eigenvalue weighted by atomic mass is 10.3. The molecule has 16 heavy (non-hydrogen) atoms. The van der Waals surface area contributed by atoms with Crippen molar-refractivity contribution in [3.63, 3.8) is 0 Å². The van der Waals surface area contributed by atoms with E-state index in [9.17, 15) is 4.39 Å². The average molecular weight is 241 g/mol. The lowest BCUT2D eigenvalue weighted by molar-refractivity contribution is 0.629. The number of rotatable bonds is 4. The van der Waals surface area contributed by atoms with Crippen LogP contribution in [-0.4, -0.2) is 15.4 Å². The first-order chi connectivity index (χ1) is 7.76. The third-order valence-corrected chi connectivity index (χ3v) is 2.74. The van der Waals surface area contributed by atoms with Crippen LogP contribution in [0.3, 0.4) is 0 Å². The topological polar surface area (TPSA) is 17.8 Å². The molecular formula is C12H14ClFN2. The van der Waals surface area contributed by atoms with Gasteiger partial charge in [0.05, 0.1) is 11.0 Å². The van der Waals surface area contributed by atoms with Crippen LogP contribution in [0.2, 0.25) is 0 Å². The maximum Gasteiger partial charge on any atom is 0.125 e. The van der Waals surface area contributed by atoms with Crippen molar-refractivity contribution in [3.8, 4) is 0 Å². The van der Waals surface area contributed by atoms with E-state index in [0.717, 1.165) is 30.7 Å². The van der Waals surface area contributed by atoms with Crippen molar-refractivity contribution < 1.29 is 4.39 Å². The zero-order valence-electron chi connectivity index (χ0n) is 9.21. The Balaban J connectivity index is 2.56. The molecule has 0 unspecified atom stereocenters. The predicted octanol–water partition coefficient (Wildman–Crippen LogP) is 3.37. The standard InChI is InChI=1S/C12H14ClFN2/c1-2-7-16-11-4-3-9(14)8-10(11)15-12(16)5-6-13/h3-4,8H,2,5-7H2,1H3. The predicted molar refractivity (Wildman–Crippen MR) is 64.4 cm³/mol. The molecule has 0 fully saturated rings. The molecule has 1 aromatic carbocycles. The van der Waals surface area contributed by atoms with E-state index < -0.39 is 0 Å². The number of halogens is 2. The van der Waals surface area contributed by atoms with Gasteiger partial charge in [0.25, 0.3) is 0 Å². The van der Waals surface area contributed by atoms with Gasteiger partial charge in [-0.05, 0) is 18.6 Å². The lowest BCUT2D eigenvalue weighted by Crippen LogP contribution is -2.03. The molecule has 0 amide bonds. The third-order valence-electron chi connectivity index (χ3n) is 2.55. The maximum atomic E-state index is 13.1. The van der Waals surface area contributed by atoms with E-state index >= 15 is 0 Å². The fraction of sp³-hybridized carbons (Fsp3) is 0.417. The minimum Gasteiger partial charge on any atom is -0.328 e. The summed E-state index contributed by atoms with van der Waals surface area (Å²) in [5.41, 5.74) is 1.71. The van der Waals surface area contributed by atoms with Crippen molar-refractivity contribution in [2.45, 2.75) is 26.3 Å². The van der Waals surface area contributed by atoms with E-state index in [1.165, 1.54) is 12.1 Å². The van der Waals surface area contributed by atoms with Crippen LogP contribution in [0.1, 0.15) is 19.2 Å². The summed E-state index contributed by atoms with van der Waals surface area (Å²) >= 11 is 5.74. The molecular weight excluding hydrogens is 227 g/mol. The first-order valence-electron chi connectivity index (χ1n) is 5.47. The summed E-state index contributed by atoms with van der Waals surface area (Å²) in [6.07, 6.45) is 1.75. The molecule has 2 rings (SSSR count). The highest BCUT2D eigenvalue weighted by molar-refractivity contribution is 6.17. The van der Waals surface area contributed by atoms with E-state index in [0.29, 0.717) is 11.4 Å². The third kappa shape index (κ3) is 2.05. The summed E-state index contributed by atoms with van der Waals surface area (Å²) in [6.45, 7) is 3.01. The Morgan fingerprint density at radius 1 is 1.44 bits per heavy atom. The highest BCUT2D eigenvalue weighted by Gasteiger charge is 2.09. The Morgan fingerprint density at radius 2 is 2.25 bits per heavy atom. The molecule has 0 radical (unpaired) electrons. The van der Waals surface area contributed by atoms with Crippen LogP contribution in [0.5, 0.6) is 0 Å². The van der Waals surface area contributed by atoms with Crippen molar-refractivity contribution in [2.24, 2.45) is 0 Å². The van der Waals surface area contributed by atoms with Gasteiger partial charge >= 0.3 is 0 Å². The molecule has 0 aliphatic carbocycles. The van der Waals surface area contributed by atoms with Gasteiger partial charge in [0.15, 0.2) is 0 Å². The zero-order chi connectivity index (χ0) is 11.5. The fourth-order valence-electron chi connectivity index (χ4n) is 1.90. The summed E-state index contributed by atoms with van der Waals surface area (Å²) < 4.78 is 15.2. The van der Waals surface area contributed by atoms with Gasteiger partial charge in [-0.2, -0.15) is 0 Å². The number of nitrogens with zero attached hydrogens (tertiary/aromatic N) is 2. The number of aryl methyl sites for hydroxylation is 2. The van der Waals surface area contributed by atoms with Gasteiger partial charge in [-0.1, -0.05) is 6.92 Å². The van der Waals surface area contributed by atoms with Gasteiger partial charge in [0.2, 0.25) is 0 Å². The van der Waals surface area contributed by atoms with Crippen LogP contribution in [-0.2, 0) is 13.0 Å². The smallest absolute Gasteiger partial charge is 0.125 e. The number of imidazole rings is 1. The number of benzene rings is 1. The highest BCUT2D eigenvalue weighted by Crippen LogP contribution is 2.18. The highest BCUT2D eigenvalue weighted by atomic mass is 35.5. The molecule has 0 spiro atoms. The first-order valence-corrected chi connectivity index (χ1v) is 6.00. The van der Waals surface area contributed by atoms with Crippen LogP contribution in [0.4, 0.5) is 4.39 Å². The van der Waals surface area contributed by atoms with Crippen molar-refractivity contribution in [1.29, 1.82) is 0 Å². The summed E-state index contributed by atoms with van der Waals surface area (Å²) in [5.74, 6) is 1.23. The zero-order valence-corrected chi connectivity index (χ0v) is 9.97. The Bertz CT molecular complexity index is 493. The molecule has 1 aromatic heterocycles. The molecule has 0 atom stereocenters. The van der Waals surface area contributed by atoms with Crippen LogP contribution >= 0.6 is 11.6 Å². The quantitative estimate of drug-likeness (QED) is 0.750. The molecule has 4 heteroatoms. The molecule has 86 valence electrons. The molecule has 1 heterocycles. The second-order valence-corrected chi connectivity index (χ2v) is 4.13. The number of hydrogen-bond acceptors (Lipinski definition) is 1. The fourth-order valence-corrected chi connectivity index (χ4v) is 2.07. The summed E-state index contributed by atoms with van der Waals surface area (Å²) in [4.78, 5) is 4.42. The molecule has 0 N–H and O–H groups in total. The van der Waals surface area contributed by atoms with Gasteiger partial charge in [0, 0.05) is 24.9 Å². The molecule has 0 aliphatic heterocycles. The Kier molecular flexibility index (Phi) is 3.44. The number of hydrogen-bond donors (Lipinski definition) is 0. The van der Waals surface area contributed by atoms with E-state index in [2.05, 4.69) is 16.5 Å². The minimum atomic E-state index is -0.244. The van der Waals surface area contributed by atoms with Crippen molar-refractivity contribution >= 4 is 22.6 Å². The van der Waals surface area contributed by atoms with Crippen molar-refractivity contribution in [2.75, 3.05) is 5.88 Å². The van der Waals surface area contributed by atoms with E-state index in [1.54, 1.807) is 6.07 Å².